The third-order valence-corrected chi connectivity index (χ3v) is 4.46. The highest BCUT2D eigenvalue weighted by molar-refractivity contribution is 5.94. The number of nitrogens with one attached hydrogen (secondary N) is 1. The molecule has 1 N–H and O–H groups in total. The molecule has 3 rings (SSSR count). The lowest BCUT2D eigenvalue weighted by atomic mass is 10.2. The molecule has 0 unspecified atom stereocenters. The zero-order valence-corrected chi connectivity index (χ0v) is 18.1. The van der Waals surface area contributed by atoms with Crippen molar-refractivity contribution in [2.45, 2.75) is 13.8 Å². The van der Waals surface area contributed by atoms with Crippen LogP contribution in [0.3, 0.4) is 0 Å². The van der Waals surface area contributed by atoms with Crippen LogP contribution in [0.15, 0.2) is 48.7 Å². The number of amides is 1. The SMILES string of the molecule is CCOC(=O)c1nn(-c2ccc([N+](=O)[O-])cc2)cc1OCC(=O)Nc1ccc(C)cc1[N+](=O)[O-]. The average molecular weight is 469 g/mol. The number of anilines is 1. The Kier molecular flexibility index (Phi) is 7.16. The molecule has 1 amide bonds. The van der Waals surface area contributed by atoms with Crippen molar-refractivity contribution in [2.24, 2.45) is 0 Å². The van der Waals surface area contributed by atoms with E-state index in [0.717, 1.165) is 0 Å². The molecule has 13 nitrogen and oxygen atoms in total. The zero-order chi connectivity index (χ0) is 24.8. The Morgan fingerprint density at radius 3 is 2.41 bits per heavy atom. The van der Waals surface area contributed by atoms with Gasteiger partial charge in [0.05, 0.1) is 28.3 Å². The molecule has 0 saturated heterocycles. The lowest BCUT2D eigenvalue weighted by molar-refractivity contribution is -0.384. The molecule has 2 aromatic carbocycles. The van der Waals surface area contributed by atoms with E-state index in [1.807, 2.05) is 0 Å². The summed E-state index contributed by atoms with van der Waals surface area (Å²) in [6.45, 7) is 2.78. The van der Waals surface area contributed by atoms with Gasteiger partial charge >= 0.3 is 5.97 Å². The number of nitro groups is 2. The van der Waals surface area contributed by atoms with E-state index in [0.29, 0.717) is 11.3 Å². The predicted molar refractivity (Wildman–Crippen MR) is 118 cm³/mol. The van der Waals surface area contributed by atoms with Crippen LogP contribution in [0, 0.1) is 27.2 Å². The quantitative estimate of drug-likeness (QED) is 0.281. The van der Waals surface area contributed by atoms with Gasteiger partial charge in [0.25, 0.3) is 17.3 Å². The molecular formula is C21H19N5O8. The summed E-state index contributed by atoms with van der Waals surface area (Å²) in [6, 6.07) is 9.72. The molecule has 0 bridgehead atoms. The molecule has 34 heavy (non-hydrogen) atoms. The van der Waals surface area contributed by atoms with E-state index in [4.69, 9.17) is 9.47 Å². The van der Waals surface area contributed by atoms with Gasteiger partial charge in [0.1, 0.15) is 5.69 Å². The number of aromatic nitrogens is 2. The summed E-state index contributed by atoms with van der Waals surface area (Å²) in [5, 5.41) is 28.6. The van der Waals surface area contributed by atoms with Crippen LogP contribution in [0.25, 0.3) is 5.69 Å². The van der Waals surface area contributed by atoms with Crippen LogP contribution < -0.4 is 10.1 Å². The van der Waals surface area contributed by atoms with Crippen LogP contribution in [0.5, 0.6) is 5.75 Å². The fourth-order valence-electron chi connectivity index (χ4n) is 2.89. The maximum atomic E-state index is 12.4. The van der Waals surface area contributed by atoms with Crippen molar-refractivity contribution in [3.05, 3.63) is 80.1 Å². The van der Waals surface area contributed by atoms with E-state index in [1.165, 1.54) is 47.3 Å². The summed E-state index contributed by atoms with van der Waals surface area (Å²) in [5.41, 5.74) is 0.432. The van der Waals surface area contributed by atoms with Gasteiger partial charge in [-0.3, -0.25) is 25.0 Å². The lowest BCUT2D eigenvalue weighted by Gasteiger charge is -2.08. The van der Waals surface area contributed by atoms with Crippen LogP contribution in [0.1, 0.15) is 23.0 Å². The Bertz CT molecular complexity index is 1250. The van der Waals surface area contributed by atoms with Crippen molar-refractivity contribution >= 4 is 28.9 Å². The second kappa shape index (κ2) is 10.2. The van der Waals surface area contributed by atoms with Gasteiger partial charge in [-0.1, -0.05) is 6.07 Å². The summed E-state index contributed by atoms with van der Waals surface area (Å²) in [4.78, 5) is 45.6. The van der Waals surface area contributed by atoms with E-state index < -0.39 is 28.3 Å². The molecule has 0 atom stereocenters. The second-order valence-corrected chi connectivity index (χ2v) is 6.90. The molecule has 0 aliphatic rings. The molecule has 0 aliphatic heterocycles. The largest absolute Gasteiger partial charge is 0.480 e. The normalized spacial score (nSPS) is 10.4. The van der Waals surface area contributed by atoms with Crippen LogP contribution in [0.2, 0.25) is 0 Å². The smallest absolute Gasteiger partial charge is 0.362 e. The molecule has 1 aromatic heterocycles. The van der Waals surface area contributed by atoms with Gasteiger partial charge < -0.3 is 14.8 Å². The molecule has 176 valence electrons. The molecular weight excluding hydrogens is 450 g/mol. The summed E-state index contributed by atoms with van der Waals surface area (Å²) in [5.74, 6) is -1.58. The Balaban J connectivity index is 1.80. The van der Waals surface area contributed by atoms with E-state index in [-0.39, 0.29) is 35.1 Å². The minimum atomic E-state index is -0.798. The number of nitrogens with zero attached hydrogens (tertiary/aromatic N) is 4. The molecule has 0 aliphatic carbocycles. The Hall–Kier alpha value is -4.81. The highest BCUT2D eigenvalue weighted by Crippen LogP contribution is 2.26. The summed E-state index contributed by atoms with van der Waals surface area (Å²) in [7, 11) is 0. The highest BCUT2D eigenvalue weighted by Gasteiger charge is 2.22. The van der Waals surface area contributed by atoms with Gasteiger partial charge in [0.2, 0.25) is 5.69 Å². The van der Waals surface area contributed by atoms with Crippen LogP contribution in [0.4, 0.5) is 17.1 Å². The van der Waals surface area contributed by atoms with Crippen LogP contribution >= 0.6 is 0 Å². The third kappa shape index (κ3) is 5.51. The van der Waals surface area contributed by atoms with Gasteiger partial charge in [-0.2, -0.15) is 5.10 Å². The van der Waals surface area contributed by atoms with E-state index in [9.17, 15) is 29.8 Å². The number of aryl methyl sites for hydroxylation is 1. The van der Waals surface area contributed by atoms with Crippen molar-refractivity contribution in [2.75, 3.05) is 18.5 Å². The summed E-state index contributed by atoms with van der Waals surface area (Å²) in [6.07, 6.45) is 1.31. The van der Waals surface area contributed by atoms with Crippen LogP contribution in [-0.2, 0) is 9.53 Å². The van der Waals surface area contributed by atoms with Gasteiger partial charge in [0, 0.05) is 18.2 Å². The molecule has 0 fully saturated rings. The molecule has 1 heterocycles. The minimum absolute atomic E-state index is 0.00334. The standard InChI is InChI=1S/C21H19N5O8/c1-3-33-21(28)20-18(11-24(23-20)14-5-7-15(8-6-14)25(29)30)34-12-19(27)22-16-9-4-13(2)10-17(16)26(31)32/h4-11H,3,12H2,1-2H3,(H,22,27). The van der Waals surface area contributed by atoms with Gasteiger partial charge in [-0.25, -0.2) is 9.48 Å². The first kappa shape index (κ1) is 23.8. The Morgan fingerprint density at radius 1 is 1.09 bits per heavy atom. The third-order valence-electron chi connectivity index (χ3n) is 4.46. The fourth-order valence-corrected chi connectivity index (χ4v) is 2.89. The molecule has 0 radical (unpaired) electrons. The number of nitro benzene ring substituents is 2. The van der Waals surface area contributed by atoms with Gasteiger partial charge in [0.15, 0.2) is 12.4 Å². The lowest BCUT2D eigenvalue weighted by Crippen LogP contribution is -2.21. The first-order chi connectivity index (χ1) is 16.2. The number of hydrogen-bond acceptors (Lipinski definition) is 9. The number of esters is 1. The number of ether oxygens (including phenoxy) is 2. The van der Waals surface area contributed by atoms with Crippen molar-refractivity contribution in [1.29, 1.82) is 0 Å². The number of non-ortho nitro benzene ring substituents is 1. The van der Waals surface area contributed by atoms with Crippen LogP contribution in [-0.4, -0.2) is 44.7 Å². The Labute approximate surface area is 192 Å². The molecule has 0 saturated carbocycles. The number of rotatable bonds is 9. The number of benzene rings is 2. The second-order valence-electron chi connectivity index (χ2n) is 6.90. The van der Waals surface area contributed by atoms with Gasteiger partial charge in [-0.15, -0.1) is 0 Å². The molecule has 0 spiro atoms. The monoisotopic (exact) mass is 469 g/mol. The van der Waals surface area contributed by atoms with E-state index >= 15 is 0 Å². The van der Waals surface area contributed by atoms with E-state index in [2.05, 4.69) is 10.4 Å². The first-order valence-electron chi connectivity index (χ1n) is 9.89. The van der Waals surface area contributed by atoms with Crippen molar-refractivity contribution in [1.82, 2.24) is 9.78 Å². The number of carbonyl (C=O) groups excluding carboxylic acids is 2. The van der Waals surface area contributed by atoms with Gasteiger partial charge in [-0.05, 0) is 37.6 Å². The predicted octanol–water partition coefficient (Wildman–Crippen LogP) is 3.19. The van der Waals surface area contributed by atoms with Crippen molar-refractivity contribution in [3.63, 3.8) is 0 Å². The van der Waals surface area contributed by atoms with E-state index in [1.54, 1.807) is 19.9 Å². The maximum absolute atomic E-state index is 12.4. The summed E-state index contributed by atoms with van der Waals surface area (Å²) < 4.78 is 11.7. The summed E-state index contributed by atoms with van der Waals surface area (Å²) >= 11 is 0. The van der Waals surface area contributed by atoms with Crippen molar-refractivity contribution in [3.8, 4) is 11.4 Å². The maximum Gasteiger partial charge on any atom is 0.362 e. The zero-order valence-electron chi connectivity index (χ0n) is 18.1. The highest BCUT2D eigenvalue weighted by atomic mass is 16.6. The Morgan fingerprint density at radius 2 is 1.79 bits per heavy atom. The molecule has 3 aromatic rings. The molecule has 13 heteroatoms. The first-order valence-corrected chi connectivity index (χ1v) is 9.89. The fraction of sp³-hybridized carbons (Fsp3) is 0.190. The number of carbonyl (C=O) groups is 2. The van der Waals surface area contributed by atoms with Crippen molar-refractivity contribution < 1.29 is 28.9 Å². The topological polar surface area (TPSA) is 169 Å². The minimum Gasteiger partial charge on any atom is -0.480 e. The number of hydrogen-bond donors (Lipinski definition) is 1. The average Bonchev–Trinajstić information content (AvgIpc) is 3.23.